The molecule has 7 nitrogen and oxygen atoms in total. The Hall–Kier alpha value is -2.83. The summed E-state index contributed by atoms with van der Waals surface area (Å²) in [4.78, 5) is 26.7. The second kappa shape index (κ2) is 6.82. The third-order valence-electron chi connectivity index (χ3n) is 4.99. The van der Waals surface area contributed by atoms with Crippen LogP contribution in [0.25, 0.3) is 0 Å². The van der Waals surface area contributed by atoms with Gasteiger partial charge in [0, 0.05) is 36.7 Å². The molecular formula is C19H21N3O4. The number of anilines is 1. The van der Waals surface area contributed by atoms with E-state index < -0.39 is 0 Å². The number of amides is 2. The summed E-state index contributed by atoms with van der Waals surface area (Å²) in [6.45, 7) is 0.428. The normalized spacial score (nSPS) is 19.3. The number of carbonyl (C=O) groups is 2. The van der Waals surface area contributed by atoms with Crippen LogP contribution >= 0.6 is 0 Å². The van der Waals surface area contributed by atoms with E-state index in [9.17, 15) is 9.59 Å². The van der Waals surface area contributed by atoms with Gasteiger partial charge >= 0.3 is 0 Å². The summed E-state index contributed by atoms with van der Waals surface area (Å²) in [5, 5.41) is 6.89. The molecule has 7 heteroatoms. The van der Waals surface area contributed by atoms with Crippen LogP contribution in [0.1, 0.15) is 41.1 Å². The molecule has 1 unspecified atom stereocenters. The Balaban J connectivity index is 1.45. The molecule has 2 heterocycles. The van der Waals surface area contributed by atoms with Crippen molar-refractivity contribution in [3.05, 3.63) is 41.3 Å². The third-order valence-corrected chi connectivity index (χ3v) is 4.99. The second-order valence-electron chi connectivity index (χ2n) is 6.72. The highest BCUT2D eigenvalue weighted by Crippen LogP contribution is 2.27. The smallest absolute Gasteiger partial charge is 0.274 e. The van der Waals surface area contributed by atoms with Gasteiger partial charge in [0.05, 0.1) is 13.2 Å². The third kappa shape index (κ3) is 3.05. The Morgan fingerprint density at radius 2 is 2.19 bits per heavy atom. The maximum absolute atomic E-state index is 12.6. The maximum atomic E-state index is 12.6. The number of aryl methyl sites for hydroxylation is 1. The number of ether oxygens (including phenoxy) is 1. The molecule has 0 radical (unpaired) electrons. The molecule has 0 bridgehead atoms. The molecular weight excluding hydrogens is 334 g/mol. The van der Waals surface area contributed by atoms with Crippen molar-refractivity contribution in [3.63, 3.8) is 0 Å². The predicted molar refractivity (Wildman–Crippen MR) is 94.4 cm³/mol. The molecule has 0 spiro atoms. The largest absolute Gasteiger partial charge is 0.497 e. The molecule has 1 aliphatic heterocycles. The van der Waals surface area contributed by atoms with Gasteiger partial charge in [0.1, 0.15) is 11.5 Å². The number of rotatable bonds is 4. The van der Waals surface area contributed by atoms with Crippen LogP contribution in [-0.2, 0) is 17.6 Å². The highest BCUT2D eigenvalue weighted by atomic mass is 16.5. The number of nitrogens with one attached hydrogen (secondary N) is 1. The summed E-state index contributed by atoms with van der Waals surface area (Å²) in [5.74, 6) is 1.23. The van der Waals surface area contributed by atoms with Gasteiger partial charge in [-0.1, -0.05) is 11.2 Å². The lowest BCUT2D eigenvalue weighted by Crippen LogP contribution is -2.37. The zero-order chi connectivity index (χ0) is 18.1. The topological polar surface area (TPSA) is 84.7 Å². The Kier molecular flexibility index (Phi) is 4.36. The number of hydrogen-bond acceptors (Lipinski definition) is 5. The van der Waals surface area contributed by atoms with Crippen LogP contribution in [0.15, 0.2) is 28.8 Å². The summed E-state index contributed by atoms with van der Waals surface area (Å²) in [5.41, 5.74) is 2.06. The van der Waals surface area contributed by atoms with Crippen LogP contribution < -0.4 is 15.0 Å². The zero-order valence-electron chi connectivity index (χ0n) is 14.7. The number of carbonyl (C=O) groups excluding carboxylic acids is 2. The molecule has 1 aromatic carbocycles. The summed E-state index contributed by atoms with van der Waals surface area (Å²) in [7, 11) is 1.59. The van der Waals surface area contributed by atoms with Gasteiger partial charge in [0.25, 0.3) is 5.91 Å². The molecule has 2 aliphatic rings. The number of fused-ring (bicyclic) bond motifs is 1. The van der Waals surface area contributed by atoms with E-state index in [-0.39, 0.29) is 24.3 Å². The molecule has 1 fully saturated rings. The van der Waals surface area contributed by atoms with E-state index in [1.807, 2.05) is 24.3 Å². The van der Waals surface area contributed by atoms with Gasteiger partial charge in [0.15, 0.2) is 5.69 Å². The quantitative estimate of drug-likeness (QED) is 0.908. The lowest BCUT2D eigenvalue weighted by molar-refractivity contribution is -0.117. The van der Waals surface area contributed by atoms with E-state index in [0.29, 0.717) is 18.0 Å². The monoisotopic (exact) mass is 355 g/mol. The first-order valence-corrected chi connectivity index (χ1v) is 8.88. The number of nitrogens with zero attached hydrogens (tertiary/aromatic N) is 2. The number of benzene rings is 1. The van der Waals surface area contributed by atoms with E-state index in [1.54, 1.807) is 12.0 Å². The molecule has 2 aromatic rings. The fraction of sp³-hybridized carbons (Fsp3) is 0.421. The minimum Gasteiger partial charge on any atom is -0.497 e. The van der Waals surface area contributed by atoms with Crippen molar-refractivity contribution >= 4 is 17.5 Å². The van der Waals surface area contributed by atoms with Crippen molar-refractivity contribution in [2.45, 2.75) is 38.1 Å². The van der Waals surface area contributed by atoms with Gasteiger partial charge in [-0.2, -0.15) is 0 Å². The predicted octanol–water partition coefficient (Wildman–Crippen LogP) is 2.10. The molecule has 26 heavy (non-hydrogen) atoms. The molecule has 136 valence electrons. The Morgan fingerprint density at radius 3 is 3.04 bits per heavy atom. The van der Waals surface area contributed by atoms with Crippen molar-refractivity contribution in [2.24, 2.45) is 0 Å². The van der Waals surface area contributed by atoms with Crippen molar-refractivity contribution in [3.8, 4) is 5.75 Å². The second-order valence-corrected chi connectivity index (χ2v) is 6.72. The fourth-order valence-corrected chi connectivity index (χ4v) is 3.65. The highest BCUT2D eigenvalue weighted by Gasteiger charge is 2.33. The first-order chi connectivity index (χ1) is 12.7. The lowest BCUT2D eigenvalue weighted by Gasteiger charge is -2.18. The number of aromatic nitrogens is 1. The molecule has 1 aliphatic carbocycles. The molecule has 1 atom stereocenters. The van der Waals surface area contributed by atoms with Crippen LogP contribution in [0.5, 0.6) is 5.75 Å². The standard InChI is InChI=1S/C19H21N3O4/c1-25-14-6-4-5-13(10-14)22-11-12(9-17(22)23)20-19(24)18-15-7-2-3-8-16(15)26-21-18/h4-6,10,12H,2-3,7-9,11H2,1H3,(H,20,24). The van der Waals surface area contributed by atoms with Crippen molar-refractivity contribution in [2.75, 3.05) is 18.6 Å². The van der Waals surface area contributed by atoms with Crippen LogP contribution in [0.4, 0.5) is 5.69 Å². The van der Waals surface area contributed by atoms with E-state index in [0.717, 1.165) is 42.7 Å². The van der Waals surface area contributed by atoms with E-state index in [4.69, 9.17) is 9.26 Å². The minimum absolute atomic E-state index is 0.0225. The lowest BCUT2D eigenvalue weighted by atomic mass is 9.96. The van der Waals surface area contributed by atoms with Crippen molar-refractivity contribution < 1.29 is 18.8 Å². The minimum atomic E-state index is -0.262. The highest BCUT2D eigenvalue weighted by molar-refractivity contribution is 5.99. The Labute approximate surface area is 151 Å². The summed E-state index contributed by atoms with van der Waals surface area (Å²) in [6.07, 6.45) is 4.03. The van der Waals surface area contributed by atoms with Gasteiger partial charge in [-0.05, 0) is 31.4 Å². The van der Waals surface area contributed by atoms with Gasteiger partial charge < -0.3 is 19.5 Å². The van der Waals surface area contributed by atoms with E-state index >= 15 is 0 Å². The van der Waals surface area contributed by atoms with E-state index in [2.05, 4.69) is 10.5 Å². The molecule has 1 saturated heterocycles. The molecule has 4 rings (SSSR count). The van der Waals surface area contributed by atoms with Gasteiger partial charge in [-0.25, -0.2) is 0 Å². The first-order valence-electron chi connectivity index (χ1n) is 8.88. The summed E-state index contributed by atoms with van der Waals surface area (Å²) < 4.78 is 10.5. The molecule has 0 saturated carbocycles. The average Bonchev–Trinajstić information content (AvgIpc) is 3.25. The van der Waals surface area contributed by atoms with Crippen LogP contribution in [0.3, 0.4) is 0 Å². The van der Waals surface area contributed by atoms with Crippen LogP contribution in [-0.4, -0.2) is 36.7 Å². The SMILES string of the molecule is COc1cccc(N2CC(NC(=O)c3noc4c3CCCC4)CC2=O)c1. The number of methoxy groups -OCH3 is 1. The van der Waals surface area contributed by atoms with Gasteiger partial charge in [0.2, 0.25) is 5.91 Å². The molecule has 2 amide bonds. The van der Waals surface area contributed by atoms with Gasteiger partial charge in [-0.3, -0.25) is 9.59 Å². The van der Waals surface area contributed by atoms with Gasteiger partial charge in [-0.15, -0.1) is 0 Å². The molecule has 1 aromatic heterocycles. The summed E-state index contributed by atoms with van der Waals surface area (Å²) in [6, 6.07) is 7.10. The maximum Gasteiger partial charge on any atom is 0.274 e. The Bertz CT molecular complexity index is 845. The van der Waals surface area contributed by atoms with Crippen molar-refractivity contribution in [1.29, 1.82) is 0 Å². The van der Waals surface area contributed by atoms with E-state index in [1.165, 1.54) is 0 Å². The zero-order valence-corrected chi connectivity index (χ0v) is 14.7. The van der Waals surface area contributed by atoms with Crippen LogP contribution in [0.2, 0.25) is 0 Å². The average molecular weight is 355 g/mol. The summed E-state index contributed by atoms with van der Waals surface area (Å²) >= 11 is 0. The number of hydrogen-bond donors (Lipinski definition) is 1. The molecule has 1 N–H and O–H groups in total. The first kappa shape index (κ1) is 16.6. The van der Waals surface area contributed by atoms with Crippen molar-refractivity contribution in [1.82, 2.24) is 10.5 Å². The Morgan fingerprint density at radius 1 is 1.35 bits per heavy atom. The van der Waals surface area contributed by atoms with Crippen LogP contribution in [0, 0.1) is 0 Å². The fourth-order valence-electron chi connectivity index (χ4n) is 3.65.